The Morgan fingerprint density at radius 3 is 2.39 bits per heavy atom. The Labute approximate surface area is 121 Å². The van der Waals surface area contributed by atoms with Gasteiger partial charge in [-0.25, -0.2) is 0 Å². The van der Waals surface area contributed by atoms with Gasteiger partial charge in [-0.3, -0.25) is 0 Å². The van der Waals surface area contributed by atoms with Crippen molar-refractivity contribution in [1.29, 1.82) is 0 Å². The normalized spacial score (nSPS) is 56.0. The highest BCUT2D eigenvalue weighted by molar-refractivity contribution is 8.01. The third-order valence-electron chi connectivity index (χ3n) is 5.78. The SMILES string of the molecule is COC1CCC2C3CCC(C)C(S)C3SC2C1C. The number of thiol groups is 1. The molecule has 0 radical (unpaired) electrons. The van der Waals surface area contributed by atoms with Crippen LogP contribution in [0.2, 0.25) is 0 Å². The van der Waals surface area contributed by atoms with Gasteiger partial charge < -0.3 is 4.74 Å². The zero-order valence-electron chi connectivity index (χ0n) is 11.7. The van der Waals surface area contributed by atoms with Gasteiger partial charge in [-0.2, -0.15) is 24.4 Å². The Kier molecular flexibility index (Phi) is 3.95. The standard InChI is InChI=1S/C15H26OS2/c1-8-4-5-11-10-6-7-12(16-3)9(2)14(10)18-15(11)13(8)17/h8-15,17H,4-7H2,1-3H3. The molecule has 0 spiro atoms. The molecule has 2 aliphatic carbocycles. The molecule has 0 aromatic rings. The Balaban J connectivity index is 1.78. The molecule has 0 aromatic carbocycles. The van der Waals surface area contributed by atoms with Crippen molar-refractivity contribution in [3.8, 4) is 0 Å². The van der Waals surface area contributed by atoms with E-state index in [0.29, 0.717) is 11.4 Å². The monoisotopic (exact) mass is 286 g/mol. The highest BCUT2D eigenvalue weighted by atomic mass is 32.2. The molecule has 3 heteroatoms. The van der Waals surface area contributed by atoms with Crippen molar-refractivity contribution in [2.75, 3.05) is 7.11 Å². The average molecular weight is 287 g/mol. The van der Waals surface area contributed by atoms with E-state index in [0.717, 1.165) is 34.2 Å². The second kappa shape index (κ2) is 5.21. The summed E-state index contributed by atoms with van der Waals surface area (Å²) < 4.78 is 5.68. The molecule has 3 rings (SSSR count). The minimum Gasteiger partial charge on any atom is -0.381 e. The van der Waals surface area contributed by atoms with Crippen molar-refractivity contribution in [2.24, 2.45) is 23.7 Å². The Bertz CT molecular complexity index is 309. The van der Waals surface area contributed by atoms with E-state index in [4.69, 9.17) is 17.4 Å². The second-order valence-corrected chi connectivity index (χ2v) is 8.61. The molecule has 3 aliphatic rings. The van der Waals surface area contributed by atoms with Crippen LogP contribution in [0.1, 0.15) is 39.5 Å². The topological polar surface area (TPSA) is 9.23 Å². The van der Waals surface area contributed by atoms with Gasteiger partial charge in [-0.1, -0.05) is 13.8 Å². The van der Waals surface area contributed by atoms with Crippen molar-refractivity contribution < 1.29 is 4.74 Å². The van der Waals surface area contributed by atoms with E-state index in [1.165, 1.54) is 25.7 Å². The van der Waals surface area contributed by atoms with E-state index in [9.17, 15) is 0 Å². The molecule has 104 valence electrons. The lowest BCUT2D eigenvalue weighted by molar-refractivity contribution is 0.0110. The zero-order chi connectivity index (χ0) is 12.9. The second-order valence-electron chi connectivity index (χ2n) is 6.65. The number of hydrogen-bond acceptors (Lipinski definition) is 3. The van der Waals surface area contributed by atoms with Crippen LogP contribution in [-0.4, -0.2) is 29.0 Å². The molecule has 8 atom stereocenters. The molecular weight excluding hydrogens is 260 g/mol. The summed E-state index contributed by atoms with van der Waals surface area (Å²) >= 11 is 7.19. The summed E-state index contributed by atoms with van der Waals surface area (Å²) in [6.45, 7) is 4.80. The van der Waals surface area contributed by atoms with Gasteiger partial charge in [-0.15, -0.1) is 0 Å². The van der Waals surface area contributed by atoms with Gasteiger partial charge in [0.25, 0.3) is 0 Å². The Morgan fingerprint density at radius 1 is 1.00 bits per heavy atom. The molecule has 1 nitrogen and oxygen atoms in total. The van der Waals surface area contributed by atoms with Gasteiger partial charge in [0.05, 0.1) is 6.10 Å². The summed E-state index contributed by atoms with van der Waals surface area (Å²) in [6, 6.07) is 0. The van der Waals surface area contributed by atoms with Crippen molar-refractivity contribution in [2.45, 2.75) is 61.4 Å². The summed E-state index contributed by atoms with van der Waals surface area (Å²) in [7, 11) is 1.89. The zero-order valence-corrected chi connectivity index (χ0v) is 13.4. The largest absolute Gasteiger partial charge is 0.381 e. The Morgan fingerprint density at radius 2 is 1.67 bits per heavy atom. The molecule has 0 aromatic heterocycles. The lowest BCUT2D eigenvalue weighted by atomic mass is 9.68. The lowest BCUT2D eigenvalue weighted by Gasteiger charge is -2.40. The van der Waals surface area contributed by atoms with Crippen molar-refractivity contribution in [3.63, 3.8) is 0 Å². The van der Waals surface area contributed by atoms with E-state index in [-0.39, 0.29) is 0 Å². The lowest BCUT2D eigenvalue weighted by Crippen LogP contribution is -2.41. The first-order valence-corrected chi connectivity index (χ1v) is 8.95. The molecule has 18 heavy (non-hydrogen) atoms. The van der Waals surface area contributed by atoms with Crippen LogP contribution in [-0.2, 0) is 4.74 Å². The highest BCUT2D eigenvalue weighted by Crippen LogP contribution is 2.58. The van der Waals surface area contributed by atoms with Gasteiger partial charge in [-0.05, 0) is 49.4 Å². The molecule has 3 fully saturated rings. The van der Waals surface area contributed by atoms with Crippen LogP contribution < -0.4 is 0 Å². The Hall–Kier alpha value is 0.660. The quantitative estimate of drug-likeness (QED) is 0.733. The summed E-state index contributed by atoms with van der Waals surface area (Å²) in [5, 5.41) is 2.26. The first kappa shape index (κ1) is 13.6. The predicted molar refractivity (Wildman–Crippen MR) is 82.5 cm³/mol. The predicted octanol–water partition coefficient (Wildman–Crippen LogP) is 3.88. The summed E-state index contributed by atoms with van der Waals surface area (Å²) in [5.74, 6) is 3.42. The van der Waals surface area contributed by atoms with Crippen molar-refractivity contribution >= 4 is 24.4 Å². The van der Waals surface area contributed by atoms with Crippen LogP contribution in [0.25, 0.3) is 0 Å². The van der Waals surface area contributed by atoms with E-state index >= 15 is 0 Å². The van der Waals surface area contributed by atoms with Crippen LogP contribution in [0.4, 0.5) is 0 Å². The maximum absolute atomic E-state index is 5.68. The first-order valence-electron chi connectivity index (χ1n) is 7.49. The van der Waals surface area contributed by atoms with Crippen LogP contribution >= 0.6 is 24.4 Å². The highest BCUT2D eigenvalue weighted by Gasteiger charge is 2.53. The van der Waals surface area contributed by atoms with E-state index < -0.39 is 0 Å². The van der Waals surface area contributed by atoms with Gasteiger partial charge in [0.2, 0.25) is 0 Å². The molecular formula is C15H26OS2. The van der Waals surface area contributed by atoms with Crippen LogP contribution in [0.15, 0.2) is 0 Å². The molecule has 1 heterocycles. The molecule has 1 saturated heterocycles. The van der Waals surface area contributed by atoms with Gasteiger partial charge in [0, 0.05) is 22.9 Å². The summed E-state index contributed by atoms with van der Waals surface area (Å²) in [5.41, 5.74) is 0. The van der Waals surface area contributed by atoms with E-state index in [1.807, 2.05) is 7.11 Å². The fraction of sp³-hybridized carbons (Fsp3) is 1.00. The minimum atomic E-state index is 0.495. The fourth-order valence-corrected chi connectivity index (χ4v) is 7.46. The summed E-state index contributed by atoms with van der Waals surface area (Å²) in [4.78, 5) is 0. The van der Waals surface area contributed by atoms with Crippen LogP contribution in [0.5, 0.6) is 0 Å². The van der Waals surface area contributed by atoms with E-state index in [1.54, 1.807) is 0 Å². The number of ether oxygens (including phenoxy) is 1. The molecule has 1 aliphatic heterocycles. The average Bonchev–Trinajstić information content (AvgIpc) is 2.75. The minimum absolute atomic E-state index is 0.495. The summed E-state index contributed by atoms with van der Waals surface area (Å²) in [6.07, 6.45) is 5.99. The molecule has 0 bridgehead atoms. The van der Waals surface area contributed by atoms with Crippen molar-refractivity contribution in [3.05, 3.63) is 0 Å². The number of methoxy groups -OCH3 is 1. The number of rotatable bonds is 1. The maximum atomic E-state index is 5.68. The molecule has 2 saturated carbocycles. The third-order valence-corrected chi connectivity index (χ3v) is 8.86. The van der Waals surface area contributed by atoms with Gasteiger partial charge >= 0.3 is 0 Å². The molecule has 8 unspecified atom stereocenters. The first-order chi connectivity index (χ1) is 8.63. The number of thioether (sulfide) groups is 1. The van der Waals surface area contributed by atoms with Gasteiger partial charge in [0.15, 0.2) is 0 Å². The maximum Gasteiger partial charge on any atom is 0.0607 e. The number of hydrogen-bond donors (Lipinski definition) is 1. The van der Waals surface area contributed by atoms with Crippen LogP contribution in [0.3, 0.4) is 0 Å². The van der Waals surface area contributed by atoms with Crippen LogP contribution in [0, 0.1) is 23.7 Å². The van der Waals surface area contributed by atoms with Gasteiger partial charge in [0.1, 0.15) is 0 Å². The van der Waals surface area contributed by atoms with E-state index in [2.05, 4.69) is 25.6 Å². The molecule has 0 N–H and O–H groups in total. The number of fused-ring (bicyclic) bond motifs is 3. The fourth-order valence-electron chi connectivity index (χ4n) is 4.59. The third kappa shape index (κ3) is 2.05. The van der Waals surface area contributed by atoms with Crippen molar-refractivity contribution in [1.82, 2.24) is 0 Å². The smallest absolute Gasteiger partial charge is 0.0607 e. The molecule has 0 amide bonds.